The van der Waals surface area contributed by atoms with Gasteiger partial charge in [-0.15, -0.1) is 0 Å². The van der Waals surface area contributed by atoms with Crippen LogP contribution in [0, 0.1) is 0 Å². The maximum Gasteiger partial charge on any atom is 0.335 e. The minimum Gasteiger partial charge on any atom is -0.456 e. The van der Waals surface area contributed by atoms with Crippen LogP contribution in [0.5, 0.6) is 0 Å². The van der Waals surface area contributed by atoms with Crippen molar-refractivity contribution in [1.82, 2.24) is 15.0 Å². The molecule has 1 saturated heterocycles. The Morgan fingerprint density at radius 3 is 2.89 bits per heavy atom. The molecule has 2 N–H and O–H groups in total. The van der Waals surface area contributed by atoms with Gasteiger partial charge in [0.15, 0.2) is 18.5 Å². The molecule has 0 aromatic carbocycles. The third kappa shape index (κ3) is 3.50. The Morgan fingerprint density at radius 2 is 2.26 bits per heavy atom. The molecule has 1 fully saturated rings. The summed E-state index contributed by atoms with van der Waals surface area (Å²) in [5, 5.41) is 0. The maximum atomic E-state index is 11.7. The van der Waals surface area contributed by atoms with Crippen LogP contribution in [0.2, 0.25) is 0 Å². The summed E-state index contributed by atoms with van der Waals surface area (Å²) in [6.07, 6.45) is 1.11. The molecule has 0 spiro atoms. The zero-order valence-electron chi connectivity index (χ0n) is 11.0. The highest BCUT2D eigenvalue weighted by Crippen LogP contribution is 2.14. The van der Waals surface area contributed by atoms with Gasteiger partial charge in [-0.1, -0.05) is 0 Å². The molecule has 8 nitrogen and oxygen atoms in total. The molecule has 104 valence electrons. The fourth-order valence-electron chi connectivity index (χ4n) is 1.68. The summed E-state index contributed by atoms with van der Waals surface area (Å²) in [6.45, 7) is 0.565. The molecule has 0 aliphatic carbocycles. The highest BCUT2D eigenvalue weighted by Gasteiger charge is 2.25. The van der Waals surface area contributed by atoms with Crippen molar-refractivity contribution in [2.24, 2.45) is 0 Å². The van der Waals surface area contributed by atoms with Gasteiger partial charge in [0.25, 0.3) is 0 Å². The molecule has 1 atom stereocenters. The first-order valence-corrected chi connectivity index (χ1v) is 6.02. The summed E-state index contributed by atoms with van der Waals surface area (Å²) < 4.78 is 10.3. The number of carbonyl (C=O) groups is 1. The van der Waals surface area contributed by atoms with Crippen molar-refractivity contribution in [2.75, 3.05) is 31.3 Å². The third-order valence-corrected chi connectivity index (χ3v) is 2.62. The lowest BCUT2D eigenvalue weighted by Crippen LogP contribution is -2.23. The number of nitrogens with zero attached hydrogens (tertiary/aromatic N) is 4. The highest BCUT2D eigenvalue weighted by atomic mass is 16.6. The van der Waals surface area contributed by atoms with E-state index in [1.54, 1.807) is 19.0 Å². The van der Waals surface area contributed by atoms with Crippen molar-refractivity contribution in [3.8, 4) is 0 Å². The Bertz CT molecular complexity index is 460. The molecule has 19 heavy (non-hydrogen) atoms. The van der Waals surface area contributed by atoms with Crippen LogP contribution < -0.4 is 10.6 Å². The van der Waals surface area contributed by atoms with Crippen molar-refractivity contribution in [3.05, 3.63) is 5.82 Å². The summed E-state index contributed by atoms with van der Waals surface area (Å²) in [6, 6.07) is 0. The number of hydrogen-bond donors (Lipinski definition) is 1. The molecule has 1 aromatic rings. The summed E-state index contributed by atoms with van der Waals surface area (Å²) in [5.41, 5.74) is 5.57. The van der Waals surface area contributed by atoms with Gasteiger partial charge in [-0.05, 0) is 12.8 Å². The van der Waals surface area contributed by atoms with Crippen LogP contribution in [0.15, 0.2) is 0 Å². The second kappa shape index (κ2) is 5.79. The van der Waals surface area contributed by atoms with E-state index in [-0.39, 0.29) is 18.5 Å². The molecule has 0 bridgehead atoms. The van der Waals surface area contributed by atoms with Gasteiger partial charge >= 0.3 is 5.97 Å². The number of rotatable bonds is 4. The van der Waals surface area contributed by atoms with Crippen LogP contribution in [-0.2, 0) is 20.9 Å². The first-order valence-electron chi connectivity index (χ1n) is 6.02. The SMILES string of the molecule is CN(C)c1nc(N)nc(COC(=O)[C@@H]2CCCO2)n1. The van der Waals surface area contributed by atoms with Crippen molar-refractivity contribution < 1.29 is 14.3 Å². The standard InChI is InChI=1S/C11H17N5O3/c1-16(2)11-14-8(13-10(12)15-11)6-19-9(17)7-4-3-5-18-7/h7H,3-6H2,1-2H3,(H2,12,13,14,15)/t7-/m0/s1. The smallest absolute Gasteiger partial charge is 0.335 e. The van der Waals surface area contributed by atoms with E-state index in [9.17, 15) is 4.79 Å². The van der Waals surface area contributed by atoms with E-state index in [1.807, 2.05) is 0 Å². The molecule has 2 heterocycles. The molecule has 0 saturated carbocycles. The van der Waals surface area contributed by atoms with Crippen molar-refractivity contribution >= 4 is 17.9 Å². The first kappa shape index (κ1) is 13.5. The Hall–Kier alpha value is -1.96. The van der Waals surface area contributed by atoms with Gasteiger partial charge in [0.05, 0.1) is 0 Å². The van der Waals surface area contributed by atoms with Crippen LogP contribution in [0.25, 0.3) is 0 Å². The predicted molar refractivity (Wildman–Crippen MR) is 67.3 cm³/mol. The fraction of sp³-hybridized carbons (Fsp3) is 0.636. The quantitative estimate of drug-likeness (QED) is 0.744. The number of nitrogen functional groups attached to an aromatic ring is 1. The summed E-state index contributed by atoms with van der Waals surface area (Å²) in [7, 11) is 3.58. The number of carbonyl (C=O) groups excluding carboxylic acids is 1. The number of nitrogens with two attached hydrogens (primary N) is 1. The topological polar surface area (TPSA) is 103 Å². The van der Waals surface area contributed by atoms with Gasteiger partial charge in [-0.3, -0.25) is 0 Å². The van der Waals surface area contributed by atoms with Gasteiger partial charge in [0, 0.05) is 20.7 Å². The van der Waals surface area contributed by atoms with Crippen LogP contribution in [0.1, 0.15) is 18.7 Å². The molecule has 2 rings (SSSR count). The molecule has 1 aliphatic rings. The second-order valence-corrected chi connectivity index (χ2v) is 4.41. The highest BCUT2D eigenvalue weighted by molar-refractivity contribution is 5.74. The summed E-state index contributed by atoms with van der Waals surface area (Å²) >= 11 is 0. The Balaban J connectivity index is 1.97. The molecule has 0 amide bonds. The normalized spacial score (nSPS) is 18.3. The molecule has 0 unspecified atom stereocenters. The monoisotopic (exact) mass is 267 g/mol. The predicted octanol–water partition coefficient (Wildman–Crippen LogP) is -0.258. The number of esters is 1. The van der Waals surface area contributed by atoms with E-state index < -0.39 is 6.10 Å². The van der Waals surface area contributed by atoms with Gasteiger partial charge in [-0.2, -0.15) is 15.0 Å². The van der Waals surface area contributed by atoms with Crippen LogP contribution in [0.3, 0.4) is 0 Å². The van der Waals surface area contributed by atoms with Gasteiger partial charge in [-0.25, -0.2) is 4.79 Å². The molecule has 1 aliphatic heterocycles. The maximum absolute atomic E-state index is 11.7. The van der Waals surface area contributed by atoms with E-state index in [0.717, 1.165) is 6.42 Å². The molecule has 1 aromatic heterocycles. The number of hydrogen-bond acceptors (Lipinski definition) is 8. The number of ether oxygens (including phenoxy) is 2. The lowest BCUT2D eigenvalue weighted by molar-refractivity contribution is -0.155. The van der Waals surface area contributed by atoms with E-state index >= 15 is 0 Å². The zero-order chi connectivity index (χ0) is 13.8. The lowest BCUT2D eigenvalue weighted by Gasteiger charge is -2.12. The van der Waals surface area contributed by atoms with Crippen LogP contribution in [0.4, 0.5) is 11.9 Å². The van der Waals surface area contributed by atoms with Gasteiger partial charge in [0.1, 0.15) is 0 Å². The Morgan fingerprint density at radius 1 is 1.47 bits per heavy atom. The van der Waals surface area contributed by atoms with E-state index in [0.29, 0.717) is 24.8 Å². The van der Waals surface area contributed by atoms with Crippen LogP contribution in [-0.4, -0.2) is 47.7 Å². The molecular weight excluding hydrogens is 250 g/mol. The largest absolute Gasteiger partial charge is 0.456 e. The number of anilines is 2. The minimum atomic E-state index is -0.465. The average molecular weight is 267 g/mol. The molecule has 8 heteroatoms. The molecule has 0 radical (unpaired) electrons. The van der Waals surface area contributed by atoms with E-state index in [2.05, 4.69) is 15.0 Å². The number of aromatic nitrogens is 3. The Kier molecular flexibility index (Phi) is 4.10. The molecular formula is C11H17N5O3. The van der Waals surface area contributed by atoms with Crippen molar-refractivity contribution in [1.29, 1.82) is 0 Å². The van der Waals surface area contributed by atoms with Crippen molar-refractivity contribution in [3.63, 3.8) is 0 Å². The fourth-order valence-corrected chi connectivity index (χ4v) is 1.68. The van der Waals surface area contributed by atoms with E-state index in [1.165, 1.54) is 0 Å². The zero-order valence-corrected chi connectivity index (χ0v) is 11.0. The second-order valence-electron chi connectivity index (χ2n) is 4.41. The lowest BCUT2D eigenvalue weighted by atomic mass is 10.2. The average Bonchev–Trinajstić information content (AvgIpc) is 2.89. The Labute approximate surface area is 110 Å². The van der Waals surface area contributed by atoms with Crippen LogP contribution >= 0.6 is 0 Å². The van der Waals surface area contributed by atoms with Crippen molar-refractivity contribution in [2.45, 2.75) is 25.6 Å². The summed E-state index contributed by atoms with van der Waals surface area (Å²) in [5.74, 6) is 0.461. The minimum absolute atomic E-state index is 0.0355. The first-order chi connectivity index (χ1) is 9.06. The summed E-state index contributed by atoms with van der Waals surface area (Å²) in [4.78, 5) is 25.4. The third-order valence-electron chi connectivity index (χ3n) is 2.62. The van der Waals surface area contributed by atoms with Gasteiger partial charge in [0.2, 0.25) is 11.9 Å². The van der Waals surface area contributed by atoms with Gasteiger partial charge < -0.3 is 20.1 Å². The van der Waals surface area contributed by atoms with E-state index in [4.69, 9.17) is 15.2 Å².